The lowest BCUT2D eigenvalue weighted by molar-refractivity contribution is -0.120. The van der Waals surface area contributed by atoms with Crippen molar-refractivity contribution < 1.29 is 9.59 Å². The van der Waals surface area contributed by atoms with Crippen LogP contribution in [0.2, 0.25) is 0 Å². The van der Waals surface area contributed by atoms with E-state index < -0.39 is 0 Å². The third kappa shape index (κ3) is 3.68. The largest absolute Gasteiger partial charge is 0.324 e. The molecule has 0 unspecified atom stereocenters. The summed E-state index contributed by atoms with van der Waals surface area (Å²) in [5.74, 6) is 0.000945. The molecule has 1 aliphatic rings. The Labute approximate surface area is 142 Å². The highest BCUT2D eigenvalue weighted by Gasteiger charge is 2.27. The molecule has 0 saturated heterocycles. The normalized spacial score (nSPS) is 13.6. The van der Waals surface area contributed by atoms with Crippen LogP contribution in [0, 0.1) is 0 Å². The monoisotopic (exact) mass is 345 g/mol. The van der Waals surface area contributed by atoms with Crippen LogP contribution < -0.4 is 10.2 Å². The van der Waals surface area contributed by atoms with Crippen molar-refractivity contribution in [2.75, 3.05) is 28.8 Å². The number of anilines is 2. The van der Waals surface area contributed by atoms with Crippen LogP contribution in [-0.2, 0) is 9.59 Å². The van der Waals surface area contributed by atoms with Gasteiger partial charge < -0.3 is 5.32 Å². The summed E-state index contributed by atoms with van der Waals surface area (Å²) < 4.78 is 0. The molecule has 0 fully saturated rings. The molecule has 0 atom stereocenters. The highest BCUT2D eigenvalue weighted by molar-refractivity contribution is 8.00. The first-order valence-corrected chi connectivity index (χ1v) is 9.20. The number of hydrogen-bond acceptors (Lipinski definition) is 5. The van der Waals surface area contributed by atoms with Gasteiger partial charge in [0.15, 0.2) is 0 Å². The quantitative estimate of drug-likeness (QED) is 0.864. The maximum absolute atomic E-state index is 12.3. The Bertz CT molecular complexity index is 752. The summed E-state index contributed by atoms with van der Waals surface area (Å²) in [4.78, 5) is 31.3. The zero-order valence-electron chi connectivity index (χ0n) is 12.5. The molecule has 1 aromatic heterocycles. The van der Waals surface area contributed by atoms with E-state index in [9.17, 15) is 9.59 Å². The van der Waals surface area contributed by atoms with Gasteiger partial charge in [0.25, 0.3) is 0 Å². The van der Waals surface area contributed by atoms with E-state index in [2.05, 4.69) is 10.3 Å². The summed E-state index contributed by atoms with van der Waals surface area (Å²) >= 11 is 3.01. The molecule has 1 N–H and O–H groups in total. The van der Waals surface area contributed by atoms with Crippen molar-refractivity contribution in [3.05, 3.63) is 42.6 Å². The molecule has 23 heavy (non-hydrogen) atoms. The molecular formula is C16H15N3O2S2. The minimum absolute atomic E-state index is 0.0123. The molecular weight excluding hydrogens is 330 g/mol. The molecule has 1 aliphatic heterocycles. The van der Waals surface area contributed by atoms with E-state index in [4.69, 9.17) is 0 Å². The molecule has 2 amide bonds. The molecule has 118 valence electrons. The Morgan fingerprint density at radius 2 is 2.26 bits per heavy atom. The Balaban J connectivity index is 1.73. The van der Waals surface area contributed by atoms with Crippen molar-refractivity contribution >= 4 is 46.7 Å². The molecule has 0 aliphatic carbocycles. The minimum atomic E-state index is -0.224. The van der Waals surface area contributed by atoms with Crippen molar-refractivity contribution in [2.24, 2.45) is 0 Å². The first kappa shape index (κ1) is 15.9. The van der Waals surface area contributed by atoms with Gasteiger partial charge in [-0.25, -0.2) is 4.98 Å². The second-order valence-electron chi connectivity index (χ2n) is 4.88. The maximum atomic E-state index is 12.3. The van der Waals surface area contributed by atoms with Crippen LogP contribution in [0.3, 0.4) is 0 Å². The number of nitrogens with zero attached hydrogens (tertiary/aromatic N) is 2. The average molecular weight is 345 g/mol. The number of carbonyl (C=O) groups excluding carboxylic acids is 2. The summed E-state index contributed by atoms with van der Waals surface area (Å²) in [6, 6.07) is 11.2. The van der Waals surface area contributed by atoms with E-state index in [-0.39, 0.29) is 18.4 Å². The zero-order valence-corrected chi connectivity index (χ0v) is 14.1. The van der Waals surface area contributed by atoms with Crippen molar-refractivity contribution in [2.45, 2.75) is 9.92 Å². The van der Waals surface area contributed by atoms with Gasteiger partial charge in [0, 0.05) is 16.8 Å². The third-order valence-electron chi connectivity index (χ3n) is 3.33. The number of amides is 2. The van der Waals surface area contributed by atoms with E-state index in [0.717, 1.165) is 15.6 Å². The van der Waals surface area contributed by atoms with E-state index in [1.807, 2.05) is 36.6 Å². The number of rotatable bonds is 4. The molecule has 2 aromatic rings. The van der Waals surface area contributed by atoms with Crippen LogP contribution in [0.4, 0.5) is 11.4 Å². The molecule has 3 rings (SSSR count). The minimum Gasteiger partial charge on any atom is -0.324 e. The van der Waals surface area contributed by atoms with Gasteiger partial charge in [0.05, 0.1) is 11.4 Å². The number of benzene rings is 1. The van der Waals surface area contributed by atoms with Crippen molar-refractivity contribution in [1.82, 2.24) is 4.98 Å². The Morgan fingerprint density at radius 1 is 1.39 bits per heavy atom. The second-order valence-corrected chi connectivity index (χ2v) is 6.72. The van der Waals surface area contributed by atoms with Gasteiger partial charge in [-0.15, -0.1) is 11.8 Å². The average Bonchev–Trinajstić information content (AvgIpc) is 2.57. The lowest BCUT2D eigenvalue weighted by Gasteiger charge is -2.27. The van der Waals surface area contributed by atoms with Crippen molar-refractivity contribution in [1.29, 1.82) is 0 Å². The first-order valence-electron chi connectivity index (χ1n) is 6.99. The van der Waals surface area contributed by atoms with Crippen molar-refractivity contribution in [3.63, 3.8) is 0 Å². The predicted molar refractivity (Wildman–Crippen MR) is 94.2 cm³/mol. The van der Waals surface area contributed by atoms with Gasteiger partial charge in [-0.2, -0.15) is 0 Å². The number of nitrogens with one attached hydrogen (secondary N) is 1. The van der Waals surface area contributed by atoms with Crippen molar-refractivity contribution in [3.8, 4) is 0 Å². The molecule has 7 heteroatoms. The van der Waals surface area contributed by atoms with Crippen LogP contribution in [0.5, 0.6) is 0 Å². The van der Waals surface area contributed by atoms with E-state index >= 15 is 0 Å². The first-order chi connectivity index (χ1) is 11.2. The Morgan fingerprint density at radius 3 is 3.09 bits per heavy atom. The van der Waals surface area contributed by atoms with Crippen LogP contribution in [0.15, 0.2) is 52.5 Å². The molecule has 0 saturated carbocycles. The fraction of sp³-hybridized carbons (Fsp3) is 0.188. The smallest absolute Gasteiger partial charge is 0.244 e. The van der Waals surface area contributed by atoms with Crippen LogP contribution in [0.25, 0.3) is 0 Å². The number of hydrogen-bond donors (Lipinski definition) is 1. The van der Waals surface area contributed by atoms with Gasteiger partial charge in [0.2, 0.25) is 11.8 Å². The second kappa shape index (κ2) is 7.06. The van der Waals surface area contributed by atoms with E-state index in [1.54, 1.807) is 24.0 Å². The number of aromatic nitrogens is 1. The SMILES string of the molecule is CSc1cccc(NC(=O)CN2C(=O)CSc3ncccc32)c1. The number of fused-ring (bicyclic) bond motifs is 1. The highest BCUT2D eigenvalue weighted by atomic mass is 32.2. The maximum Gasteiger partial charge on any atom is 0.244 e. The summed E-state index contributed by atoms with van der Waals surface area (Å²) in [5, 5.41) is 3.62. The van der Waals surface area contributed by atoms with Gasteiger partial charge in [0.1, 0.15) is 11.6 Å². The van der Waals surface area contributed by atoms with E-state index in [0.29, 0.717) is 11.4 Å². The highest BCUT2D eigenvalue weighted by Crippen LogP contribution is 2.32. The van der Waals surface area contributed by atoms with Gasteiger partial charge in [-0.05, 0) is 36.6 Å². The molecule has 0 spiro atoms. The summed E-state index contributed by atoms with van der Waals surface area (Å²) in [6.07, 6.45) is 3.67. The van der Waals surface area contributed by atoms with Gasteiger partial charge >= 0.3 is 0 Å². The van der Waals surface area contributed by atoms with Gasteiger partial charge in [-0.3, -0.25) is 14.5 Å². The summed E-state index contributed by atoms with van der Waals surface area (Å²) in [5.41, 5.74) is 1.42. The lowest BCUT2D eigenvalue weighted by atomic mass is 10.3. The fourth-order valence-electron chi connectivity index (χ4n) is 2.26. The fourth-order valence-corrected chi connectivity index (χ4v) is 3.60. The zero-order chi connectivity index (χ0) is 16.2. The molecule has 0 bridgehead atoms. The number of pyridine rings is 1. The van der Waals surface area contributed by atoms with E-state index in [1.165, 1.54) is 16.7 Å². The van der Waals surface area contributed by atoms with Crippen LogP contribution in [-0.4, -0.2) is 35.4 Å². The number of thioether (sulfide) groups is 2. The van der Waals surface area contributed by atoms with Crippen LogP contribution >= 0.6 is 23.5 Å². The Hall–Kier alpha value is -1.99. The molecule has 0 radical (unpaired) electrons. The Kier molecular flexibility index (Phi) is 4.88. The van der Waals surface area contributed by atoms with Gasteiger partial charge in [-0.1, -0.05) is 17.8 Å². The molecule has 5 nitrogen and oxygen atoms in total. The molecule has 2 heterocycles. The molecule has 1 aromatic carbocycles. The summed E-state index contributed by atoms with van der Waals surface area (Å²) in [6.45, 7) is -0.0123. The van der Waals surface area contributed by atoms with Crippen LogP contribution in [0.1, 0.15) is 0 Å². The standard InChI is InChI=1S/C16H15N3O2S2/c1-22-12-5-2-4-11(8-12)18-14(20)9-19-13-6-3-7-17-16(13)23-10-15(19)21/h2-8H,9-10H2,1H3,(H,18,20). The lowest BCUT2D eigenvalue weighted by Crippen LogP contribution is -2.41. The summed E-state index contributed by atoms with van der Waals surface area (Å²) in [7, 11) is 0. The third-order valence-corrected chi connectivity index (χ3v) is 5.04. The number of carbonyl (C=O) groups is 2. The topological polar surface area (TPSA) is 62.3 Å². The predicted octanol–water partition coefficient (Wildman–Crippen LogP) is 2.88.